The molecule has 0 aliphatic heterocycles. The molecule has 7 heteroatoms. The van der Waals surface area contributed by atoms with Gasteiger partial charge in [0, 0.05) is 19.7 Å². The molecule has 0 spiro atoms. The summed E-state index contributed by atoms with van der Waals surface area (Å²) < 4.78 is 13.3. The number of likely N-dealkylation sites (N-methyl/N-ethyl adjacent to an activating group) is 1. The van der Waals surface area contributed by atoms with Crippen LogP contribution in [0.2, 0.25) is 0 Å². The lowest BCUT2D eigenvalue weighted by molar-refractivity contribution is -0.131. The zero-order valence-corrected chi connectivity index (χ0v) is 10.4. The van der Waals surface area contributed by atoms with Crippen molar-refractivity contribution in [2.75, 3.05) is 18.9 Å². The van der Waals surface area contributed by atoms with Crippen molar-refractivity contribution in [1.29, 1.82) is 0 Å². The summed E-state index contributed by atoms with van der Waals surface area (Å²) in [6.45, 7) is 1.15. The number of carboxylic acids is 1. The summed E-state index contributed by atoms with van der Waals surface area (Å²) in [5, 5.41) is 11.0. The van der Waals surface area contributed by atoms with Crippen molar-refractivity contribution >= 4 is 23.5 Å². The van der Waals surface area contributed by atoms with Crippen molar-refractivity contribution in [3.05, 3.63) is 29.6 Å². The van der Waals surface area contributed by atoms with Crippen LogP contribution in [0.1, 0.15) is 17.3 Å². The first-order valence-corrected chi connectivity index (χ1v) is 5.35. The summed E-state index contributed by atoms with van der Waals surface area (Å²) in [4.78, 5) is 34.2. The number of halogens is 1. The molecule has 19 heavy (non-hydrogen) atoms. The third-order valence-corrected chi connectivity index (χ3v) is 2.40. The molecule has 0 fully saturated rings. The van der Waals surface area contributed by atoms with Gasteiger partial charge in [-0.1, -0.05) is 0 Å². The molecule has 1 aromatic carbocycles. The van der Waals surface area contributed by atoms with Gasteiger partial charge in [0.2, 0.25) is 11.8 Å². The van der Waals surface area contributed by atoms with E-state index in [1.54, 1.807) is 0 Å². The minimum atomic E-state index is -1.38. The molecule has 0 aliphatic carbocycles. The standard InChI is InChI=1S/C12H13FN2O4/c1-7(16)15(2)6-11(17)14-8-3-4-9(12(18)19)10(13)5-8/h3-5H,6H2,1-2H3,(H,14,17)(H,18,19). The van der Waals surface area contributed by atoms with Crippen LogP contribution in [0.25, 0.3) is 0 Å². The predicted octanol–water partition coefficient (Wildman–Crippen LogP) is 0.941. The lowest BCUT2D eigenvalue weighted by Crippen LogP contribution is -2.33. The van der Waals surface area contributed by atoms with E-state index in [2.05, 4.69) is 5.32 Å². The Morgan fingerprint density at radius 3 is 2.47 bits per heavy atom. The van der Waals surface area contributed by atoms with Crippen molar-refractivity contribution in [2.24, 2.45) is 0 Å². The first-order valence-electron chi connectivity index (χ1n) is 5.35. The lowest BCUT2D eigenvalue weighted by atomic mass is 10.2. The molecular weight excluding hydrogens is 255 g/mol. The number of anilines is 1. The normalized spacial score (nSPS) is 9.84. The first-order chi connectivity index (χ1) is 8.81. The minimum absolute atomic E-state index is 0.129. The second-order valence-electron chi connectivity index (χ2n) is 3.92. The highest BCUT2D eigenvalue weighted by Gasteiger charge is 2.13. The Balaban J connectivity index is 2.73. The maximum atomic E-state index is 13.3. The zero-order chi connectivity index (χ0) is 14.6. The highest BCUT2D eigenvalue weighted by atomic mass is 19.1. The van der Waals surface area contributed by atoms with Crippen LogP contribution in [-0.4, -0.2) is 41.4 Å². The predicted molar refractivity (Wildman–Crippen MR) is 65.3 cm³/mol. The minimum Gasteiger partial charge on any atom is -0.478 e. The number of benzene rings is 1. The summed E-state index contributed by atoms with van der Waals surface area (Å²) >= 11 is 0. The third kappa shape index (κ3) is 4.06. The number of carbonyl (C=O) groups excluding carboxylic acids is 2. The molecule has 2 N–H and O–H groups in total. The van der Waals surface area contributed by atoms with Gasteiger partial charge in [-0.3, -0.25) is 9.59 Å². The van der Waals surface area contributed by atoms with E-state index < -0.39 is 23.3 Å². The number of nitrogens with one attached hydrogen (secondary N) is 1. The van der Waals surface area contributed by atoms with Crippen LogP contribution >= 0.6 is 0 Å². The van der Waals surface area contributed by atoms with Crippen molar-refractivity contribution < 1.29 is 23.9 Å². The van der Waals surface area contributed by atoms with Crippen LogP contribution in [-0.2, 0) is 9.59 Å². The fourth-order valence-electron chi connectivity index (χ4n) is 1.29. The number of carbonyl (C=O) groups is 3. The molecule has 0 unspecified atom stereocenters. The Bertz CT molecular complexity index is 530. The molecule has 0 aliphatic rings. The smallest absolute Gasteiger partial charge is 0.338 e. The molecule has 0 atom stereocenters. The van der Waals surface area contributed by atoms with E-state index >= 15 is 0 Å². The number of hydrogen-bond donors (Lipinski definition) is 2. The molecule has 0 saturated heterocycles. The average Bonchev–Trinajstić information content (AvgIpc) is 2.27. The Morgan fingerprint density at radius 1 is 1.37 bits per heavy atom. The zero-order valence-electron chi connectivity index (χ0n) is 10.4. The number of hydrogen-bond acceptors (Lipinski definition) is 3. The maximum absolute atomic E-state index is 13.3. The Morgan fingerprint density at radius 2 is 2.00 bits per heavy atom. The average molecular weight is 268 g/mol. The van der Waals surface area contributed by atoms with Gasteiger partial charge in [0.1, 0.15) is 5.82 Å². The van der Waals surface area contributed by atoms with Crippen molar-refractivity contribution in [3.8, 4) is 0 Å². The number of amides is 2. The van der Waals surface area contributed by atoms with Gasteiger partial charge in [0.15, 0.2) is 0 Å². The van der Waals surface area contributed by atoms with E-state index in [0.717, 1.165) is 12.1 Å². The van der Waals surface area contributed by atoms with E-state index in [0.29, 0.717) is 0 Å². The summed E-state index contributed by atoms with van der Waals surface area (Å²) in [7, 11) is 1.45. The van der Waals surface area contributed by atoms with Gasteiger partial charge in [0.05, 0.1) is 12.1 Å². The largest absolute Gasteiger partial charge is 0.478 e. The van der Waals surface area contributed by atoms with Crippen molar-refractivity contribution in [3.63, 3.8) is 0 Å². The van der Waals surface area contributed by atoms with E-state index in [-0.39, 0.29) is 18.1 Å². The number of carboxylic acid groups (broad SMARTS) is 1. The van der Waals surface area contributed by atoms with E-state index in [1.807, 2.05) is 0 Å². The quantitative estimate of drug-likeness (QED) is 0.850. The van der Waals surface area contributed by atoms with Gasteiger partial charge in [-0.15, -0.1) is 0 Å². The van der Waals surface area contributed by atoms with Gasteiger partial charge in [-0.25, -0.2) is 9.18 Å². The van der Waals surface area contributed by atoms with Crippen LogP contribution in [0.15, 0.2) is 18.2 Å². The molecule has 0 saturated carbocycles. The van der Waals surface area contributed by atoms with E-state index in [1.165, 1.54) is 24.9 Å². The Labute approximate surface area is 108 Å². The third-order valence-electron chi connectivity index (χ3n) is 2.40. The fourth-order valence-corrected chi connectivity index (χ4v) is 1.29. The molecule has 1 rings (SSSR count). The van der Waals surface area contributed by atoms with Crippen LogP contribution < -0.4 is 5.32 Å². The fraction of sp³-hybridized carbons (Fsp3) is 0.250. The molecule has 2 amide bonds. The van der Waals surface area contributed by atoms with Gasteiger partial charge < -0.3 is 15.3 Å². The highest BCUT2D eigenvalue weighted by Crippen LogP contribution is 2.14. The lowest BCUT2D eigenvalue weighted by Gasteiger charge is -2.14. The molecular formula is C12H13FN2O4. The van der Waals surface area contributed by atoms with E-state index in [4.69, 9.17) is 5.11 Å². The number of aromatic carboxylic acids is 1. The van der Waals surface area contributed by atoms with Gasteiger partial charge in [0.25, 0.3) is 0 Å². The van der Waals surface area contributed by atoms with Crippen LogP contribution in [0.3, 0.4) is 0 Å². The van der Waals surface area contributed by atoms with Crippen molar-refractivity contribution in [1.82, 2.24) is 4.90 Å². The van der Waals surface area contributed by atoms with Gasteiger partial charge in [-0.05, 0) is 18.2 Å². The van der Waals surface area contributed by atoms with Gasteiger partial charge in [-0.2, -0.15) is 0 Å². The SMILES string of the molecule is CC(=O)N(C)CC(=O)Nc1ccc(C(=O)O)c(F)c1. The monoisotopic (exact) mass is 268 g/mol. The summed E-state index contributed by atoms with van der Waals surface area (Å²) in [6, 6.07) is 3.25. The molecule has 0 bridgehead atoms. The molecule has 0 radical (unpaired) electrons. The summed E-state index contributed by atoms with van der Waals surface area (Å²) in [5.41, 5.74) is -0.344. The molecule has 0 heterocycles. The topological polar surface area (TPSA) is 86.7 Å². The Hall–Kier alpha value is -2.44. The number of rotatable bonds is 4. The van der Waals surface area contributed by atoms with Crippen LogP contribution in [0, 0.1) is 5.82 Å². The van der Waals surface area contributed by atoms with Crippen molar-refractivity contribution in [2.45, 2.75) is 6.92 Å². The second kappa shape index (κ2) is 5.94. The van der Waals surface area contributed by atoms with Crippen LogP contribution in [0.4, 0.5) is 10.1 Å². The van der Waals surface area contributed by atoms with E-state index in [9.17, 15) is 18.8 Å². The Kier molecular flexibility index (Phi) is 4.57. The molecule has 102 valence electrons. The second-order valence-corrected chi connectivity index (χ2v) is 3.92. The van der Waals surface area contributed by atoms with Crippen LogP contribution in [0.5, 0.6) is 0 Å². The summed E-state index contributed by atoms with van der Waals surface area (Å²) in [5.74, 6) is -3.10. The maximum Gasteiger partial charge on any atom is 0.338 e. The molecule has 6 nitrogen and oxygen atoms in total. The van der Waals surface area contributed by atoms with Gasteiger partial charge >= 0.3 is 5.97 Å². The molecule has 0 aromatic heterocycles. The highest BCUT2D eigenvalue weighted by molar-refractivity contribution is 5.95. The number of nitrogens with zero attached hydrogens (tertiary/aromatic N) is 1. The summed E-state index contributed by atoms with van der Waals surface area (Å²) in [6.07, 6.45) is 0. The first kappa shape index (κ1) is 14.6. The molecule has 1 aromatic rings.